The summed E-state index contributed by atoms with van der Waals surface area (Å²) in [6, 6.07) is 3.74. The summed E-state index contributed by atoms with van der Waals surface area (Å²) in [4.78, 5) is 15.4. The highest BCUT2D eigenvalue weighted by atomic mass is 16.1. The first-order chi connectivity index (χ1) is 7.33. The number of aromatic nitrogens is 1. The molecule has 0 radical (unpaired) electrons. The van der Waals surface area contributed by atoms with Gasteiger partial charge in [-0.1, -0.05) is 6.07 Å². The summed E-state index contributed by atoms with van der Waals surface area (Å²) in [6.45, 7) is 1.65. The Morgan fingerprint density at radius 1 is 1.47 bits per heavy atom. The maximum atomic E-state index is 11.4. The van der Waals surface area contributed by atoms with E-state index in [4.69, 9.17) is 0 Å². The van der Waals surface area contributed by atoms with Crippen LogP contribution in [0.4, 0.5) is 0 Å². The first-order valence-corrected chi connectivity index (χ1v) is 5.13. The van der Waals surface area contributed by atoms with Gasteiger partial charge in [0, 0.05) is 18.9 Å². The van der Waals surface area contributed by atoms with E-state index in [2.05, 4.69) is 15.6 Å². The molecule has 0 aliphatic heterocycles. The lowest BCUT2D eigenvalue weighted by atomic mass is 10.2. The third-order valence-electron chi connectivity index (χ3n) is 2.01. The quantitative estimate of drug-likeness (QED) is 0.662. The topological polar surface area (TPSA) is 54.0 Å². The molecule has 82 valence electrons. The van der Waals surface area contributed by atoms with E-state index in [0.717, 1.165) is 25.1 Å². The Balaban J connectivity index is 2.19. The van der Waals surface area contributed by atoms with E-state index in [-0.39, 0.29) is 5.91 Å². The van der Waals surface area contributed by atoms with Crippen LogP contribution in [0.2, 0.25) is 0 Å². The van der Waals surface area contributed by atoms with Crippen LogP contribution in [-0.4, -0.2) is 31.0 Å². The minimum atomic E-state index is 0.0547. The summed E-state index contributed by atoms with van der Waals surface area (Å²) in [5, 5.41) is 5.89. The molecule has 0 aliphatic carbocycles. The standard InChI is InChI=1S/C11H17N3O/c1-12-5-3-7-14-11(15)8-10-4-2-6-13-9-10/h2,4,6,9,12H,3,5,7-8H2,1H3,(H,14,15). The fraction of sp³-hybridized carbons (Fsp3) is 0.455. The van der Waals surface area contributed by atoms with Crippen molar-refractivity contribution in [2.75, 3.05) is 20.1 Å². The van der Waals surface area contributed by atoms with Gasteiger partial charge >= 0.3 is 0 Å². The Morgan fingerprint density at radius 3 is 3.00 bits per heavy atom. The van der Waals surface area contributed by atoms with E-state index in [1.54, 1.807) is 12.4 Å². The van der Waals surface area contributed by atoms with Crippen LogP contribution in [0.15, 0.2) is 24.5 Å². The lowest BCUT2D eigenvalue weighted by Crippen LogP contribution is -2.27. The molecule has 0 saturated carbocycles. The fourth-order valence-corrected chi connectivity index (χ4v) is 1.24. The van der Waals surface area contributed by atoms with Gasteiger partial charge in [-0.05, 0) is 31.6 Å². The molecular weight excluding hydrogens is 190 g/mol. The van der Waals surface area contributed by atoms with Crippen molar-refractivity contribution in [3.05, 3.63) is 30.1 Å². The van der Waals surface area contributed by atoms with Crippen molar-refractivity contribution in [3.63, 3.8) is 0 Å². The second kappa shape index (κ2) is 6.95. The first kappa shape index (κ1) is 11.7. The summed E-state index contributed by atoms with van der Waals surface area (Å²) in [7, 11) is 1.90. The number of amides is 1. The molecule has 4 nitrogen and oxygen atoms in total. The minimum absolute atomic E-state index is 0.0547. The van der Waals surface area contributed by atoms with Crippen LogP contribution in [-0.2, 0) is 11.2 Å². The largest absolute Gasteiger partial charge is 0.356 e. The minimum Gasteiger partial charge on any atom is -0.356 e. The molecule has 1 amide bonds. The average Bonchev–Trinajstić information content (AvgIpc) is 2.26. The van der Waals surface area contributed by atoms with Gasteiger partial charge in [-0.3, -0.25) is 9.78 Å². The molecule has 0 saturated heterocycles. The lowest BCUT2D eigenvalue weighted by molar-refractivity contribution is -0.120. The van der Waals surface area contributed by atoms with Crippen LogP contribution in [0.5, 0.6) is 0 Å². The third-order valence-corrected chi connectivity index (χ3v) is 2.01. The average molecular weight is 207 g/mol. The van der Waals surface area contributed by atoms with Gasteiger partial charge in [-0.15, -0.1) is 0 Å². The van der Waals surface area contributed by atoms with E-state index in [0.29, 0.717) is 6.42 Å². The molecule has 1 aromatic heterocycles. The van der Waals surface area contributed by atoms with Crippen LogP contribution in [0.1, 0.15) is 12.0 Å². The van der Waals surface area contributed by atoms with Gasteiger partial charge in [0.25, 0.3) is 0 Å². The van der Waals surface area contributed by atoms with E-state index < -0.39 is 0 Å². The Morgan fingerprint density at radius 2 is 2.33 bits per heavy atom. The molecule has 15 heavy (non-hydrogen) atoms. The van der Waals surface area contributed by atoms with Crippen molar-refractivity contribution in [2.24, 2.45) is 0 Å². The number of carbonyl (C=O) groups excluding carboxylic acids is 1. The number of pyridine rings is 1. The molecular formula is C11H17N3O. The fourth-order valence-electron chi connectivity index (χ4n) is 1.24. The Labute approximate surface area is 90.1 Å². The summed E-state index contributed by atoms with van der Waals surface area (Å²) < 4.78 is 0. The van der Waals surface area contributed by atoms with E-state index in [1.165, 1.54) is 0 Å². The van der Waals surface area contributed by atoms with E-state index in [1.807, 2.05) is 19.2 Å². The first-order valence-electron chi connectivity index (χ1n) is 5.13. The molecule has 0 aliphatic rings. The van der Waals surface area contributed by atoms with Gasteiger partial charge in [-0.2, -0.15) is 0 Å². The monoisotopic (exact) mass is 207 g/mol. The molecule has 0 atom stereocenters. The number of nitrogens with zero attached hydrogens (tertiary/aromatic N) is 1. The highest BCUT2D eigenvalue weighted by Crippen LogP contribution is 1.96. The number of nitrogens with one attached hydrogen (secondary N) is 2. The Bertz CT molecular complexity index is 287. The maximum Gasteiger partial charge on any atom is 0.224 e. The summed E-state index contributed by atoms with van der Waals surface area (Å²) in [5.41, 5.74) is 0.948. The van der Waals surface area contributed by atoms with Crippen molar-refractivity contribution >= 4 is 5.91 Å². The molecule has 1 heterocycles. The summed E-state index contributed by atoms with van der Waals surface area (Å²) in [6.07, 6.45) is 4.78. The number of hydrogen-bond acceptors (Lipinski definition) is 3. The van der Waals surface area contributed by atoms with E-state index in [9.17, 15) is 4.79 Å². The van der Waals surface area contributed by atoms with Crippen LogP contribution >= 0.6 is 0 Å². The second-order valence-electron chi connectivity index (χ2n) is 3.35. The third kappa shape index (κ3) is 5.12. The van der Waals surface area contributed by atoms with Crippen LogP contribution < -0.4 is 10.6 Å². The smallest absolute Gasteiger partial charge is 0.224 e. The zero-order valence-corrected chi connectivity index (χ0v) is 8.99. The lowest BCUT2D eigenvalue weighted by Gasteiger charge is -2.04. The van der Waals surface area contributed by atoms with Gasteiger partial charge in [-0.25, -0.2) is 0 Å². The summed E-state index contributed by atoms with van der Waals surface area (Å²) in [5.74, 6) is 0.0547. The predicted octanol–water partition coefficient (Wildman–Crippen LogP) is 0.350. The molecule has 4 heteroatoms. The molecule has 0 bridgehead atoms. The van der Waals surface area contributed by atoms with Crippen LogP contribution in [0.3, 0.4) is 0 Å². The van der Waals surface area contributed by atoms with Crippen molar-refractivity contribution in [3.8, 4) is 0 Å². The molecule has 0 spiro atoms. The van der Waals surface area contributed by atoms with Gasteiger partial charge in [0.15, 0.2) is 0 Å². The Kier molecular flexibility index (Phi) is 5.40. The summed E-state index contributed by atoms with van der Waals surface area (Å²) >= 11 is 0. The molecule has 0 unspecified atom stereocenters. The van der Waals surface area contributed by atoms with Crippen molar-refractivity contribution in [1.29, 1.82) is 0 Å². The second-order valence-corrected chi connectivity index (χ2v) is 3.35. The molecule has 1 rings (SSSR count). The predicted molar refractivity (Wildman–Crippen MR) is 59.5 cm³/mol. The molecule has 0 aromatic carbocycles. The van der Waals surface area contributed by atoms with Gasteiger partial charge in [0.1, 0.15) is 0 Å². The zero-order chi connectivity index (χ0) is 10.9. The van der Waals surface area contributed by atoms with Crippen molar-refractivity contribution in [1.82, 2.24) is 15.6 Å². The van der Waals surface area contributed by atoms with Gasteiger partial charge in [0.05, 0.1) is 6.42 Å². The number of hydrogen-bond donors (Lipinski definition) is 2. The zero-order valence-electron chi connectivity index (χ0n) is 8.99. The molecule has 2 N–H and O–H groups in total. The van der Waals surface area contributed by atoms with E-state index >= 15 is 0 Å². The number of rotatable bonds is 6. The maximum absolute atomic E-state index is 11.4. The SMILES string of the molecule is CNCCCNC(=O)Cc1cccnc1. The number of carbonyl (C=O) groups is 1. The van der Waals surface area contributed by atoms with Crippen LogP contribution in [0.25, 0.3) is 0 Å². The van der Waals surface area contributed by atoms with Gasteiger partial charge in [0.2, 0.25) is 5.91 Å². The molecule has 0 fully saturated rings. The van der Waals surface area contributed by atoms with Crippen molar-refractivity contribution in [2.45, 2.75) is 12.8 Å². The van der Waals surface area contributed by atoms with Crippen molar-refractivity contribution < 1.29 is 4.79 Å². The highest BCUT2D eigenvalue weighted by molar-refractivity contribution is 5.78. The Hall–Kier alpha value is -1.42. The normalized spacial score (nSPS) is 9.93. The highest BCUT2D eigenvalue weighted by Gasteiger charge is 2.01. The molecule has 1 aromatic rings. The van der Waals surface area contributed by atoms with Gasteiger partial charge < -0.3 is 10.6 Å². The van der Waals surface area contributed by atoms with Crippen LogP contribution in [0, 0.1) is 0 Å².